The largest absolute Gasteiger partial charge is 0.479 e. The molecule has 0 aromatic heterocycles. The zero-order valence-electron chi connectivity index (χ0n) is 23.8. The maximum atomic E-state index is 13.1. The van der Waals surface area contributed by atoms with Crippen molar-refractivity contribution in [1.29, 1.82) is 0 Å². The molecule has 0 bridgehead atoms. The van der Waals surface area contributed by atoms with Gasteiger partial charge in [0, 0.05) is 6.61 Å². The highest BCUT2D eigenvalue weighted by Gasteiger charge is 2.46. The first kappa shape index (κ1) is 30.5. The molecule has 0 fully saturated rings. The first-order valence-corrected chi connectivity index (χ1v) is 16.6. The zero-order chi connectivity index (χ0) is 28.5. The van der Waals surface area contributed by atoms with Gasteiger partial charge in [-0.25, -0.2) is 9.59 Å². The van der Waals surface area contributed by atoms with E-state index in [4.69, 9.17) is 13.9 Å². The van der Waals surface area contributed by atoms with Gasteiger partial charge in [-0.15, -0.1) is 0 Å². The molecule has 0 unspecified atom stereocenters. The number of carbonyl (C=O) groups is 2. The minimum atomic E-state index is -2.51. The van der Waals surface area contributed by atoms with Gasteiger partial charge in [-0.1, -0.05) is 100.0 Å². The Hall–Kier alpha value is -3.00. The van der Waals surface area contributed by atoms with Crippen LogP contribution in [-0.2, 0) is 36.5 Å². The van der Waals surface area contributed by atoms with Crippen LogP contribution in [0, 0.1) is 0 Å². The second-order valence-electron chi connectivity index (χ2n) is 11.5. The molecule has 3 aromatic carbocycles. The summed E-state index contributed by atoms with van der Waals surface area (Å²) >= 11 is 0. The average Bonchev–Trinajstić information content (AvgIpc) is 2.90. The fraction of sp³-hybridized carbons (Fsp3) is 0.438. The lowest BCUT2D eigenvalue weighted by Gasteiger charge is -2.39. The van der Waals surface area contributed by atoms with Crippen molar-refractivity contribution in [2.24, 2.45) is 0 Å². The summed E-state index contributed by atoms with van der Waals surface area (Å²) in [5.41, 5.74) is 2.10. The van der Waals surface area contributed by atoms with E-state index in [-0.39, 0.29) is 18.3 Å². The first-order chi connectivity index (χ1) is 18.5. The normalized spacial score (nSPS) is 13.7. The Morgan fingerprint density at radius 1 is 0.821 bits per heavy atom. The number of carboxylic acids is 1. The molecule has 0 radical (unpaired) electrons. The highest BCUT2D eigenvalue weighted by Crippen LogP contribution is 2.38. The number of aryl methyl sites for hydroxylation is 1. The molecule has 0 aliphatic heterocycles. The van der Waals surface area contributed by atoms with Crippen molar-refractivity contribution in [2.45, 2.75) is 83.4 Å². The minimum Gasteiger partial charge on any atom is -0.479 e. The molecule has 0 saturated heterocycles. The minimum absolute atomic E-state index is 0.0394. The van der Waals surface area contributed by atoms with Crippen molar-refractivity contribution < 1.29 is 28.6 Å². The van der Waals surface area contributed by atoms with E-state index in [1.165, 1.54) is 16.3 Å². The van der Waals surface area contributed by atoms with Gasteiger partial charge in [0.25, 0.3) is 0 Å². The molecular weight excluding hydrogens is 508 g/mol. The monoisotopic (exact) mass is 550 g/mol. The van der Waals surface area contributed by atoms with E-state index in [9.17, 15) is 14.7 Å². The van der Waals surface area contributed by atoms with Crippen LogP contribution in [0.25, 0.3) is 10.8 Å². The van der Waals surface area contributed by atoms with Crippen LogP contribution < -0.4 is 0 Å². The number of ether oxygens (including phenoxy) is 2. The summed E-state index contributed by atoms with van der Waals surface area (Å²) < 4.78 is 17.6. The standard InChI is InChI=1S/C32H42O6Si/c1-32(2,3)39(4,5)38-28(30(33)34)29(31(35)37-23-25-15-8-6-9-16-25)36-21-13-7-10-14-24-19-20-26-17-11-12-18-27(26)22-24/h6,8-9,11-12,15-20,22,28-29H,7,10,13-14,21,23H2,1-5H3,(H,33,34)/t28-,29-/m1/s1. The van der Waals surface area contributed by atoms with Crippen LogP contribution in [0.3, 0.4) is 0 Å². The summed E-state index contributed by atoms with van der Waals surface area (Å²) in [6.07, 6.45) is 0.711. The second kappa shape index (κ2) is 13.9. The maximum Gasteiger partial charge on any atom is 0.338 e. The molecule has 2 atom stereocenters. The van der Waals surface area contributed by atoms with E-state index in [2.05, 4.69) is 30.3 Å². The molecule has 3 rings (SSSR count). The summed E-state index contributed by atoms with van der Waals surface area (Å²) in [4.78, 5) is 25.5. The number of fused-ring (bicyclic) bond motifs is 1. The van der Waals surface area contributed by atoms with Crippen molar-refractivity contribution in [3.05, 3.63) is 83.9 Å². The van der Waals surface area contributed by atoms with Crippen molar-refractivity contribution >= 4 is 31.0 Å². The molecule has 0 aliphatic carbocycles. The topological polar surface area (TPSA) is 82.1 Å². The average molecular weight is 551 g/mol. The van der Waals surface area contributed by atoms with Crippen LogP contribution in [-0.4, -0.2) is 44.2 Å². The summed E-state index contributed by atoms with van der Waals surface area (Å²) in [5, 5.41) is 12.3. The number of hydrogen-bond donors (Lipinski definition) is 1. The molecule has 6 nitrogen and oxygen atoms in total. The van der Waals surface area contributed by atoms with Crippen LogP contribution in [0.15, 0.2) is 72.8 Å². The van der Waals surface area contributed by atoms with E-state index in [0.29, 0.717) is 6.42 Å². The van der Waals surface area contributed by atoms with E-state index >= 15 is 0 Å². The van der Waals surface area contributed by atoms with Gasteiger partial charge in [-0.2, -0.15) is 0 Å². The third-order valence-corrected chi connectivity index (χ3v) is 11.9. The zero-order valence-corrected chi connectivity index (χ0v) is 24.8. The molecule has 0 heterocycles. The number of benzene rings is 3. The molecule has 1 N–H and O–H groups in total. The van der Waals surface area contributed by atoms with Crippen molar-refractivity contribution in [1.82, 2.24) is 0 Å². The third-order valence-electron chi connectivity index (χ3n) is 7.42. The molecule has 210 valence electrons. The molecule has 3 aromatic rings. The van der Waals surface area contributed by atoms with Gasteiger partial charge >= 0.3 is 11.9 Å². The van der Waals surface area contributed by atoms with Crippen molar-refractivity contribution in [3.63, 3.8) is 0 Å². The Morgan fingerprint density at radius 2 is 1.49 bits per heavy atom. The summed E-state index contributed by atoms with van der Waals surface area (Å²) in [7, 11) is -2.51. The Morgan fingerprint density at radius 3 is 2.15 bits per heavy atom. The fourth-order valence-electron chi connectivity index (χ4n) is 4.04. The second-order valence-corrected chi connectivity index (χ2v) is 16.3. The number of carbonyl (C=O) groups excluding carboxylic acids is 1. The molecule has 39 heavy (non-hydrogen) atoms. The van der Waals surface area contributed by atoms with Gasteiger partial charge in [0.15, 0.2) is 20.5 Å². The quantitative estimate of drug-likeness (QED) is 0.130. The van der Waals surface area contributed by atoms with Gasteiger partial charge in [-0.3, -0.25) is 0 Å². The number of aliphatic carboxylic acids is 1. The first-order valence-electron chi connectivity index (χ1n) is 13.7. The Balaban J connectivity index is 1.60. The molecule has 0 saturated carbocycles. The predicted octanol–water partition coefficient (Wildman–Crippen LogP) is 7.16. The van der Waals surface area contributed by atoms with Crippen LogP contribution in [0.4, 0.5) is 0 Å². The number of esters is 1. The molecule has 0 spiro atoms. The van der Waals surface area contributed by atoms with E-state index < -0.39 is 32.5 Å². The lowest BCUT2D eigenvalue weighted by molar-refractivity contribution is -0.175. The smallest absolute Gasteiger partial charge is 0.338 e. The molecular formula is C32H42O6Si. The van der Waals surface area contributed by atoms with E-state index in [1.54, 1.807) is 0 Å². The van der Waals surface area contributed by atoms with Gasteiger partial charge in [0.05, 0.1) is 0 Å². The van der Waals surface area contributed by atoms with Crippen LogP contribution in [0.5, 0.6) is 0 Å². The van der Waals surface area contributed by atoms with Gasteiger partial charge in [0.1, 0.15) is 6.61 Å². The highest BCUT2D eigenvalue weighted by atomic mass is 28.4. The van der Waals surface area contributed by atoms with Gasteiger partial charge in [0.2, 0.25) is 0 Å². The summed E-state index contributed by atoms with van der Waals surface area (Å²) in [6, 6.07) is 24.1. The van der Waals surface area contributed by atoms with Crippen LogP contribution >= 0.6 is 0 Å². The molecule has 0 amide bonds. The van der Waals surface area contributed by atoms with E-state index in [0.717, 1.165) is 24.8 Å². The van der Waals surface area contributed by atoms with Gasteiger partial charge in [-0.05, 0) is 59.3 Å². The Kier molecular flexibility index (Phi) is 10.9. The lowest BCUT2D eigenvalue weighted by Crippen LogP contribution is -2.53. The Labute approximate surface area is 233 Å². The van der Waals surface area contributed by atoms with Crippen molar-refractivity contribution in [2.75, 3.05) is 6.61 Å². The number of unbranched alkanes of at least 4 members (excludes halogenated alkanes) is 2. The molecule has 0 aliphatic rings. The number of rotatable bonds is 14. The van der Waals surface area contributed by atoms with Crippen molar-refractivity contribution in [3.8, 4) is 0 Å². The van der Waals surface area contributed by atoms with Crippen LogP contribution in [0.1, 0.15) is 51.2 Å². The predicted molar refractivity (Wildman–Crippen MR) is 157 cm³/mol. The highest BCUT2D eigenvalue weighted by molar-refractivity contribution is 6.74. The van der Waals surface area contributed by atoms with Crippen LogP contribution in [0.2, 0.25) is 18.1 Å². The lowest BCUT2D eigenvalue weighted by atomic mass is 10.0. The number of carboxylic acid groups (broad SMARTS) is 1. The fourth-order valence-corrected chi connectivity index (χ4v) is 5.25. The van der Waals surface area contributed by atoms with E-state index in [1.807, 2.05) is 76.3 Å². The third kappa shape index (κ3) is 9.02. The maximum absolute atomic E-state index is 13.1. The SMILES string of the molecule is CC(C)(C)[Si](C)(C)O[C@@H](C(=O)O)[C@@H](OCCCCCc1ccc2ccccc2c1)C(=O)OCc1ccccc1. The summed E-state index contributed by atoms with van der Waals surface area (Å²) in [5.74, 6) is -1.95. The Bertz CT molecular complexity index is 1220. The van der Waals surface area contributed by atoms with Gasteiger partial charge < -0.3 is 19.0 Å². The number of hydrogen-bond acceptors (Lipinski definition) is 5. The summed E-state index contributed by atoms with van der Waals surface area (Å²) in [6.45, 7) is 10.3. The molecule has 7 heteroatoms.